The van der Waals surface area contributed by atoms with Crippen molar-refractivity contribution in [1.29, 1.82) is 0 Å². The molecule has 0 nitrogen and oxygen atoms in total. The number of hydrogen-bond acceptors (Lipinski definition) is 0. The molecule has 0 saturated carbocycles. The van der Waals surface area contributed by atoms with E-state index in [0.29, 0.717) is 0 Å². The summed E-state index contributed by atoms with van der Waals surface area (Å²) in [7, 11) is -4.65. The van der Waals surface area contributed by atoms with Crippen LogP contribution in [0.4, 0.5) is 0 Å². The van der Waals surface area contributed by atoms with Gasteiger partial charge < -0.3 is 24.8 Å². The van der Waals surface area contributed by atoms with Gasteiger partial charge in [0.2, 0.25) is 0 Å². The van der Waals surface area contributed by atoms with Gasteiger partial charge in [0, 0.05) is 0 Å². The summed E-state index contributed by atoms with van der Waals surface area (Å²) in [6, 6.07) is 2.60. The minimum absolute atomic E-state index is 0. The van der Waals surface area contributed by atoms with Crippen LogP contribution in [0, 0.1) is 0 Å². The molecule has 0 aromatic rings. The Morgan fingerprint density at radius 3 is 1.03 bits per heavy atom. The number of hydrogen-bond donors (Lipinski definition) is 0. The maximum absolute atomic E-state index is 2.68. The summed E-state index contributed by atoms with van der Waals surface area (Å²) < 4.78 is 5.16. The largest absolute Gasteiger partial charge is 1.00 e. The standard InChI is InChI=1S/2C11H23Si2.C3H6.2ClH.Zr/c2*1-12(2,3)10-8-7-9-11-13(4,5)6;1-3-2;;;/h2*8-10H,11H2,1-6H3;1-2H3;2*1H;/q;;;;;+2/p-2/b2*9-7?,10-8+;;;;. The van der Waals surface area contributed by atoms with Gasteiger partial charge in [0.1, 0.15) is 0 Å². The zero-order valence-electron chi connectivity index (χ0n) is 23.6. The van der Waals surface area contributed by atoms with Crippen molar-refractivity contribution in [3.63, 3.8) is 0 Å². The second-order valence-electron chi connectivity index (χ2n) is 13.6. The molecule has 0 amide bonds. The molecule has 0 bridgehead atoms. The van der Waals surface area contributed by atoms with Gasteiger partial charge in [0.05, 0.1) is 0 Å². The first-order valence-corrected chi connectivity index (χ1v) is 29.9. The van der Waals surface area contributed by atoms with Crippen LogP contribution in [0.2, 0.25) is 90.7 Å². The quantitative estimate of drug-likeness (QED) is 0.258. The number of rotatable bonds is 10. The number of allylic oxidation sites excluding steroid dienone is 6. The first kappa shape index (κ1) is 37.7. The van der Waals surface area contributed by atoms with Crippen LogP contribution in [-0.2, 0) is 21.3 Å². The molecule has 0 aliphatic rings. The van der Waals surface area contributed by atoms with E-state index in [-0.39, 0.29) is 24.8 Å². The molecule has 32 heavy (non-hydrogen) atoms. The molecule has 0 unspecified atom stereocenters. The van der Waals surface area contributed by atoms with Crippen LogP contribution < -0.4 is 24.8 Å². The Hall–Kier alpha value is 1.16. The molecular formula is C25H52Cl2Si4Zr. The Morgan fingerprint density at radius 2 is 0.844 bits per heavy atom. The predicted octanol–water partition coefficient (Wildman–Crippen LogP) is 3.14. The molecule has 0 radical (unpaired) electrons. The molecule has 0 aliphatic carbocycles. The van der Waals surface area contributed by atoms with Crippen molar-refractivity contribution in [3.05, 3.63) is 42.3 Å². The van der Waals surface area contributed by atoms with Crippen LogP contribution in [0.5, 0.6) is 0 Å². The van der Waals surface area contributed by atoms with Crippen LogP contribution in [-0.4, -0.2) is 35.5 Å². The van der Waals surface area contributed by atoms with Crippen molar-refractivity contribution in [2.24, 2.45) is 0 Å². The second kappa shape index (κ2) is 15.3. The second-order valence-corrected chi connectivity index (χ2v) is 42.0. The van der Waals surface area contributed by atoms with Crippen LogP contribution in [0.25, 0.3) is 0 Å². The average molecular weight is 627 g/mol. The third-order valence-electron chi connectivity index (χ3n) is 4.47. The monoisotopic (exact) mass is 624 g/mol. The van der Waals surface area contributed by atoms with Crippen LogP contribution >= 0.6 is 0 Å². The van der Waals surface area contributed by atoms with Crippen molar-refractivity contribution in [1.82, 2.24) is 0 Å². The summed E-state index contributed by atoms with van der Waals surface area (Å²) in [6.07, 6.45) is 10.5. The van der Waals surface area contributed by atoms with E-state index in [9.17, 15) is 0 Å². The molecule has 0 aromatic carbocycles. The zero-order valence-corrected chi connectivity index (χ0v) is 31.6. The van der Waals surface area contributed by atoms with E-state index in [2.05, 4.69) is 128 Å². The molecule has 0 saturated heterocycles. The molecule has 0 aromatic heterocycles. The van der Waals surface area contributed by atoms with E-state index in [4.69, 9.17) is 0 Å². The Morgan fingerprint density at radius 1 is 0.562 bits per heavy atom. The Bertz CT molecular complexity index is 661. The van der Waals surface area contributed by atoms with E-state index < -0.39 is 53.6 Å². The first-order chi connectivity index (χ1) is 13.2. The van der Waals surface area contributed by atoms with Crippen molar-refractivity contribution in [2.45, 2.75) is 104 Å². The van der Waals surface area contributed by atoms with Gasteiger partial charge >= 0.3 is 204 Å². The third-order valence-corrected chi connectivity index (χ3v) is 16.8. The molecule has 186 valence electrons. The van der Waals surface area contributed by atoms with E-state index in [1.807, 2.05) is 0 Å². The van der Waals surface area contributed by atoms with Gasteiger partial charge in [-0.05, 0) is 0 Å². The summed E-state index contributed by atoms with van der Waals surface area (Å²) >= 11 is -2.07. The molecule has 0 rings (SSSR count). The molecular weight excluding hydrogens is 575 g/mol. The summed E-state index contributed by atoms with van der Waals surface area (Å²) in [6.45, 7) is 34.6. The van der Waals surface area contributed by atoms with Crippen molar-refractivity contribution in [2.75, 3.05) is 0 Å². The van der Waals surface area contributed by atoms with Crippen LogP contribution in [0.3, 0.4) is 0 Å². The number of halogens is 2. The fourth-order valence-electron chi connectivity index (χ4n) is 2.76. The summed E-state index contributed by atoms with van der Waals surface area (Å²) in [5, 5.41) is 0. The van der Waals surface area contributed by atoms with Crippen molar-refractivity contribution in [3.8, 4) is 0 Å². The van der Waals surface area contributed by atoms with Crippen LogP contribution in [0.15, 0.2) is 42.3 Å². The minimum Gasteiger partial charge on any atom is -1.00 e. The molecule has 0 heterocycles. The van der Waals surface area contributed by atoms with Gasteiger partial charge in [-0.25, -0.2) is 0 Å². The molecule has 0 spiro atoms. The zero-order chi connectivity index (χ0) is 24.0. The van der Waals surface area contributed by atoms with E-state index in [1.54, 1.807) is 9.77 Å². The molecule has 0 aliphatic heterocycles. The normalized spacial score (nSPS) is 14.2. The van der Waals surface area contributed by atoms with Gasteiger partial charge in [-0.2, -0.15) is 0 Å². The average Bonchev–Trinajstić information content (AvgIpc) is 2.47. The third kappa shape index (κ3) is 20.5. The van der Waals surface area contributed by atoms with E-state index in [1.165, 1.54) is 12.1 Å². The first-order valence-electron chi connectivity index (χ1n) is 11.7. The minimum atomic E-state index is -2.07. The molecule has 7 heteroatoms. The maximum Gasteiger partial charge on any atom is -1.00 e. The predicted molar refractivity (Wildman–Crippen MR) is 154 cm³/mol. The van der Waals surface area contributed by atoms with Crippen LogP contribution in [0.1, 0.15) is 13.8 Å². The fraction of sp³-hybridized carbons (Fsp3) is 0.640. The van der Waals surface area contributed by atoms with Gasteiger partial charge in [0.25, 0.3) is 0 Å². The maximum atomic E-state index is 2.68. The van der Waals surface area contributed by atoms with E-state index in [0.717, 1.165) is 0 Å². The van der Waals surface area contributed by atoms with Gasteiger partial charge in [-0.15, -0.1) is 0 Å². The Labute approximate surface area is 226 Å². The Kier molecular flexibility index (Phi) is 18.0. The summed E-state index contributed by atoms with van der Waals surface area (Å²) in [4.78, 5) is 0. The SMILES string of the molecule is C[C](C)=[Zr+2]([C](=C\C[Si](C)(C)C)/C=C/[Si](C)(C)C)[C](=C\C[Si](C)(C)C)/C=C/[Si](C)(C)C.[Cl-].[Cl-]. The van der Waals surface area contributed by atoms with Gasteiger partial charge in [-0.1, -0.05) is 0 Å². The van der Waals surface area contributed by atoms with Crippen molar-refractivity contribution >= 4 is 35.5 Å². The molecule has 0 fully saturated rings. The van der Waals surface area contributed by atoms with Gasteiger partial charge in [-0.3, -0.25) is 0 Å². The van der Waals surface area contributed by atoms with Crippen molar-refractivity contribution < 1.29 is 46.1 Å². The van der Waals surface area contributed by atoms with E-state index >= 15 is 0 Å². The molecule has 0 atom stereocenters. The molecule has 0 N–H and O–H groups in total. The topological polar surface area (TPSA) is 0 Å². The fourth-order valence-corrected chi connectivity index (χ4v) is 14.0. The Balaban J connectivity index is -0.00000420. The smallest absolute Gasteiger partial charge is 1.00 e. The summed E-state index contributed by atoms with van der Waals surface area (Å²) in [5.41, 5.74) is 5.18. The van der Waals surface area contributed by atoms with Gasteiger partial charge in [0.15, 0.2) is 0 Å². The summed E-state index contributed by atoms with van der Waals surface area (Å²) in [5.74, 6) is 0.